The second-order valence-electron chi connectivity index (χ2n) is 6.14. The standard InChI is InChI=1S/C19H22F2N4O/c1-22-19(24-8-5-14-10-15(20)12-16(21)11-14)25-9-6-17(13-25)26-18-4-2-3-7-23-18/h2-4,7,10-12,17H,5-6,8-9,13H2,1H3,(H,22,24). The molecule has 1 N–H and O–H groups in total. The van der Waals surface area contributed by atoms with E-state index in [1.165, 1.54) is 12.1 Å². The van der Waals surface area contributed by atoms with Crippen molar-refractivity contribution in [3.05, 3.63) is 59.8 Å². The van der Waals surface area contributed by atoms with Crippen molar-refractivity contribution in [2.75, 3.05) is 26.7 Å². The van der Waals surface area contributed by atoms with Crippen molar-refractivity contribution in [1.29, 1.82) is 0 Å². The lowest BCUT2D eigenvalue weighted by Crippen LogP contribution is -2.41. The van der Waals surface area contributed by atoms with Crippen molar-refractivity contribution < 1.29 is 13.5 Å². The molecule has 7 heteroatoms. The fourth-order valence-corrected chi connectivity index (χ4v) is 3.01. The van der Waals surface area contributed by atoms with Crippen molar-refractivity contribution in [2.24, 2.45) is 4.99 Å². The number of halogens is 2. The minimum Gasteiger partial charge on any atom is -0.472 e. The lowest BCUT2D eigenvalue weighted by molar-refractivity contribution is 0.205. The molecule has 1 unspecified atom stereocenters. The third kappa shape index (κ3) is 4.91. The molecule has 5 nitrogen and oxygen atoms in total. The number of ether oxygens (including phenoxy) is 1. The Bertz CT molecular complexity index is 734. The first-order valence-electron chi connectivity index (χ1n) is 8.62. The molecule has 1 saturated heterocycles. The summed E-state index contributed by atoms with van der Waals surface area (Å²) in [5.41, 5.74) is 0.614. The second-order valence-corrected chi connectivity index (χ2v) is 6.14. The van der Waals surface area contributed by atoms with Crippen LogP contribution in [0.5, 0.6) is 5.88 Å². The fourth-order valence-electron chi connectivity index (χ4n) is 3.01. The third-order valence-electron chi connectivity index (χ3n) is 4.20. The summed E-state index contributed by atoms with van der Waals surface area (Å²) in [6.07, 6.45) is 3.15. The zero-order valence-electron chi connectivity index (χ0n) is 14.7. The van der Waals surface area contributed by atoms with E-state index in [9.17, 15) is 8.78 Å². The second kappa shape index (κ2) is 8.60. The normalized spacial score (nSPS) is 17.4. The van der Waals surface area contributed by atoms with Crippen LogP contribution in [0.2, 0.25) is 0 Å². The number of nitrogens with one attached hydrogen (secondary N) is 1. The average molecular weight is 360 g/mol. The van der Waals surface area contributed by atoms with Crippen molar-refractivity contribution >= 4 is 5.96 Å². The van der Waals surface area contributed by atoms with E-state index in [4.69, 9.17) is 4.74 Å². The molecule has 138 valence electrons. The summed E-state index contributed by atoms with van der Waals surface area (Å²) < 4.78 is 32.4. The molecule has 1 aliphatic rings. The summed E-state index contributed by atoms with van der Waals surface area (Å²) >= 11 is 0. The molecule has 1 aromatic carbocycles. The Kier molecular flexibility index (Phi) is 5.99. The number of guanidine groups is 1. The summed E-state index contributed by atoms with van der Waals surface area (Å²) in [7, 11) is 1.72. The van der Waals surface area contributed by atoms with Gasteiger partial charge < -0.3 is 15.0 Å². The van der Waals surface area contributed by atoms with Gasteiger partial charge in [0.2, 0.25) is 5.88 Å². The molecule has 3 rings (SSSR count). The number of nitrogens with zero attached hydrogens (tertiary/aromatic N) is 3. The maximum Gasteiger partial charge on any atom is 0.213 e. The Morgan fingerprint density at radius 2 is 2.12 bits per heavy atom. The molecule has 0 bridgehead atoms. The van der Waals surface area contributed by atoms with Crippen molar-refractivity contribution in [1.82, 2.24) is 15.2 Å². The van der Waals surface area contributed by atoms with Gasteiger partial charge in [0, 0.05) is 44.9 Å². The van der Waals surface area contributed by atoms with E-state index < -0.39 is 11.6 Å². The fraction of sp³-hybridized carbons (Fsp3) is 0.368. The zero-order chi connectivity index (χ0) is 18.4. The van der Waals surface area contributed by atoms with Gasteiger partial charge in [-0.25, -0.2) is 13.8 Å². The lowest BCUT2D eigenvalue weighted by Gasteiger charge is -2.21. The Morgan fingerprint density at radius 3 is 2.81 bits per heavy atom. The molecule has 2 aromatic rings. The van der Waals surface area contributed by atoms with Gasteiger partial charge in [-0.2, -0.15) is 0 Å². The number of hydrogen-bond donors (Lipinski definition) is 1. The van der Waals surface area contributed by atoms with E-state index in [0.717, 1.165) is 25.0 Å². The molecule has 2 heterocycles. The molecule has 26 heavy (non-hydrogen) atoms. The monoisotopic (exact) mass is 360 g/mol. The van der Waals surface area contributed by atoms with E-state index in [1.54, 1.807) is 13.2 Å². The van der Waals surface area contributed by atoms with Crippen LogP contribution in [-0.4, -0.2) is 48.6 Å². The van der Waals surface area contributed by atoms with Crippen LogP contribution in [-0.2, 0) is 6.42 Å². The van der Waals surface area contributed by atoms with Gasteiger partial charge in [0.25, 0.3) is 0 Å². The van der Waals surface area contributed by atoms with E-state index >= 15 is 0 Å². The first kappa shape index (κ1) is 18.1. The van der Waals surface area contributed by atoms with Gasteiger partial charge in [0.05, 0.1) is 6.54 Å². The van der Waals surface area contributed by atoms with E-state index in [1.807, 2.05) is 18.2 Å². The lowest BCUT2D eigenvalue weighted by atomic mass is 10.1. The molecule has 0 spiro atoms. The van der Waals surface area contributed by atoms with Crippen LogP contribution >= 0.6 is 0 Å². The van der Waals surface area contributed by atoms with Crippen molar-refractivity contribution in [3.63, 3.8) is 0 Å². The summed E-state index contributed by atoms with van der Waals surface area (Å²) in [5.74, 6) is 0.265. The molecular weight excluding hydrogens is 338 g/mol. The molecule has 1 aliphatic heterocycles. The predicted octanol–water partition coefficient (Wildman–Crippen LogP) is 2.63. The summed E-state index contributed by atoms with van der Waals surface area (Å²) in [4.78, 5) is 10.6. The number of aromatic nitrogens is 1. The quantitative estimate of drug-likeness (QED) is 0.658. The van der Waals surface area contributed by atoms with Crippen molar-refractivity contribution in [2.45, 2.75) is 18.9 Å². The molecule has 1 aromatic heterocycles. The maximum absolute atomic E-state index is 13.2. The van der Waals surface area contributed by atoms with E-state index in [-0.39, 0.29) is 6.10 Å². The number of benzene rings is 1. The first-order chi connectivity index (χ1) is 12.6. The van der Waals surface area contributed by atoms with Gasteiger partial charge in [-0.15, -0.1) is 0 Å². The van der Waals surface area contributed by atoms with Crippen molar-refractivity contribution in [3.8, 4) is 5.88 Å². The molecule has 0 saturated carbocycles. The SMILES string of the molecule is CN=C(NCCc1cc(F)cc(F)c1)N1CCC(Oc2ccccn2)C1. The first-order valence-corrected chi connectivity index (χ1v) is 8.62. The van der Waals surface area contributed by atoms with Gasteiger partial charge in [0.1, 0.15) is 17.7 Å². The minimum absolute atomic E-state index is 0.0563. The Labute approximate surface area is 151 Å². The van der Waals surface area contributed by atoms with Crippen LogP contribution in [0.4, 0.5) is 8.78 Å². The van der Waals surface area contributed by atoms with Crippen LogP contribution in [0.1, 0.15) is 12.0 Å². The van der Waals surface area contributed by atoms with Gasteiger partial charge in [-0.1, -0.05) is 6.07 Å². The number of aliphatic imine (C=N–C) groups is 1. The topological polar surface area (TPSA) is 49.8 Å². The highest BCUT2D eigenvalue weighted by Crippen LogP contribution is 2.16. The summed E-state index contributed by atoms with van der Waals surface area (Å²) in [6, 6.07) is 9.16. The van der Waals surface area contributed by atoms with Gasteiger partial charge in [-0.05, 0) is 30.2 Å². The van der Waals surface area contributed by atoms with E-state index in [2.05, 4.69) is 20.2 Å². The van der Waals surface area contributed by atoms with Crippen LogP contribution in [0.15, 0.2) is 47.6 Å². The third-order valence-corrected chi connectivity index (χ3v) is 4.20. The minimum atomic E-state index is -0.557. The number of pyridine rings is 1. The predicted molar refractivity (Wildman–Crippen MR) is 96.3 cm³/mol. The highest BCUT2D eigenvalue weighted by molar-refractivity contribution is 5.80. The van der Waals surface area contributed by atoms with Crippen LogP contribution in [0.25, 0.3) is 0 Å². The number of hydrogen-bond acceptors (Lipinski definition) is 3. The summed E-state index contributed by atoms with van der Waals surface area (Å²) in [6.45, 7) is 2.08. The summed E-state index contributed by atoms with van der Waals surface area (Å²) in [5, 5.41) is 3.24. The highest BCUT2D eigenvalue weighted by Gasteiger charge is 2.26. The highest BCUT2D eigenvalue weighted by atomic mass is 19.1. The number of rotatable bonds is 5. The molecule has 1 atom stereocenters. The van der Waals surface area contributed by atoms with E-state index in [0.29, 0.717) is 31.0 Å². The molecule has 0 amide bonds. The molecule has 1 fully saturated rings. The van der Waals surface area contributed by atoms with Gasteiger partial charge >= 0.3 is 0 Å². The Hall–Kier alpha value is -2.70. The average Bonchev–Trinajstić information content (AvgIpc) is 3.07. The maximum atomic E-state index is 13.2. The smallest absolute Gasteiger partial charge is 0.213 e. The number of likely N-dealkylation sites (tertiary alicyclic amines) is 1. The van der Waals surface area contributed by atoms with Crippen LogP contribution in [0, 0.1) is 11.6 Å². The van der Waals surface area contributed by atoms with Gasteiger partial charge in [-0.3, -0.25) is 4.99 Å². The zero-order valence-corrected chi connectivity index (χ0v) is 14.7. The van der Waals surface area contributed by atoms with Crippen LogP contribution < -0.4 is 10.1 Å². The largest absolute Gasteiger partial charge is 0.472 e. The molecule has 0 aliphatic carbocycles. The molecular formula is C19H22F2N4O. The van der Waals surface area contributed by atoms with Crippen LogP contribution in [0.3, 0.4) is 0 Å². The van der Waals surface area contributed by atoms with Gasteiger partial charge in [0.15, 0.2) is 5.96 Å². The Morgan fingerprint density at radius 1 is 1.31 bits per heavy atom. The Balaban J connectivity index is 1.48. The molecule has 0 radical (unpaired) electrons.